The van der Waals surface area contributed by atoms with Gasteiger partial charge in [-0.15, -0.1) is 11.3 Å². The van der Waals surface area contributed by atoms with Gasteiger partial charge in [0.05, 0.1) is 23.8 Å². The molecule has 18 heavy (non-hydrogen) atoms. The molecule has 2 heterocycles. The van der Waals surface area contributed by atoms with Crippen molar-refractivity contribution < 1.29 is 9.90 Å². The van der Waals surface area contributed by atoms with Crippen LogP contribution in [0, 0.1) is 6.92 Å². The molecule has 2 rings (SSSR count). The molecule has 2 aromatic heterocycles. The number of carbonyl (C=O) groups is 1. The lowest BCUT2D eigenvalue weighted by molar-refractivity contribution is 0.0701. The van der Waals surface area contributed by atoms with Gasteiger partial charge in [-0.05, 0) is 6.92 Å². The summed E-state index contributed by atoms with van der Waals surface area (Å²) in [7, 11) is 0. The molecule has 0 aliphatic carbocycles. The summed E-state index contributed by atoms with van der Waals surface area (Å²) in [5.41, 5.74) is 1.31. The van der Waals surface area contributed by atoms with Crippen molar-refractivity contribution in [3.63, 3.8) is 0 Å². The van der Waals surface area contributed by atoms with Gasteiger partial charge in [-0.25, -0.2) is 14.8 Å². The van der Waals surface area contributed by atoms with Crippen molar-refractivity contribution in [3.05, 3.63) is 33.8 Å². The van der Waals surface area contributed by atoms with Gasteiger partial charge in [-0.2, -0.15) is 0 Å². The highest BCUT2D eigenvalue weighted by Gasteiger charge is 2.14. The fraction of sp³-hybridized carbons (Fsp3) is 0.200. The SMILES string of the molecule is Cc1nc(SCc2cnc(Cl)cn2)sc1C(=O)O. The zero-order chi connectivity index (χ0) is 13.1. The van der Waals surface area contributed by atoms with E-state index in [0.29, 0.717) is 20.9 Å². The van der Waals surface area contributed by atoms with E-state index in [-0.39, 0.29) is 4.88 Å². The number of thioether (sulfide) groups is 1. The highest BCUT2D eigenvalue weighted by atomic mass is 35.5. The molecule has 8 heteroatoms. The standard InChI is InChI=1S/C10H8ClN3O2S2/c1-5-8(9(15)16)18-10(14-5)17-4-6-2-13-7(11)3-12-6/h2-3H,4H2,1H3,(H,15,16). The first-order valence-corrected chi connectivity index (χ1v) is 7.04. The lowest BCUT2D eigenvalue weighted by atomic mass is 10.4. The third-order valence-electron chi connectivity index (χ3n) is 1.99. The molecule has 0 saturated heterocycles. The first-order valence-electron chi connectivity index (χ1n) is 4.86. The van der Waals surface area contributed by atoms with Crippen LogP contribution in [0.15, 0.2) is 16.7 Å². The number of thiazole rings is 1. The lowest BCUT2D eigenvalue weighted by Crippen LogP contribution is -1.94. The molecule has 5 nitrogen and oxygen atoms in total. The molecular weight excluding hydrogens is 294 g/mol. The summed E-state index contributed by atoms with van der Waals surface area (Å²) >= 11 is 8.23. The van der Waals surface area contributed by atoms with Crippen molar-refractivity contribution in [3.8, 4) is 0 Å². The third kappa shape index (κ3) is 3.18. The number of hydrogen-bond acceptors (Lipinski definition) is 6. The van der Waals surface area contributed by atoms with Crippen LogP contribution in [-0.4, -0.2) is 26.0 Å². The summed E-state index contributed by atoms with van der Waals surface area (Å²) in [6, 6.07) is 0. The Bertz CT molecular complexity index is 571. The molecule has 2 aromatic rings. The Hall–Kier alpha value is -1.18. The molecule has 0 spiro atoms. The smallest absolute Gasteiger partial charge is 0.347 e. The first kappa shape index (κ1) is 13.3. The zero-order valence-corrected chi connectivity index (χ0v) is 11.6. The molecule has 0 aliphatic rings. The van der Waals surface area contributed by atoms with Crippen LogP contribution in [0.4, 0.5) is 0 Å². The Morgan fingerprint density at radius 3 is 2.83 bits per heavy atom. The van der Waals surface area contributed by atoms with Crippen LogP contribution in [-0.2, 0) is 5.75 Å². The molecule has 94 valence electrons. The number of carboxylic acids is 1. The van der Waals surface area contributed by atoms with Gasteiger partial charge in [0.1, 0.15) is 10.0 Å². The number of carboxylic acid groups (broad SMARTS) is 1. The highest BCUT2D eigenvalue weighted by molar-refractivity contribution is 8.00. The third-order valence-corrected chi connectivity index (χ3v) is 4.51. The van der Waals surface area contributed by atoms with E-state index >= 15 is 0 Å². The average molecular weight is 302 g/mol. The second-order valence-corrected chi connectivity index (χ2v) is 5.93. The summed E-state index contributed by atoms with van der Waals surface area (Å²) in [5.74, 6) is -0.362. The molecule has 0 saturated carbocycles. The van der Waals surface area contributed by atoms with Gasteiger partial charge in [0, 0.05) is 5.75 Å². The number of aryl methyl sites for hydroxylation is 1. The van der Waals surface area contributed by atoms with Crippen LogP contribution in [0.2, 0.25) is 5.15 Å². The summed E-state index contributed by atoms with van der Waals surface area (Å²) in [5, 5.41) is 9.27. The van der Waals surface area contributed by atoms with Gasteiger partial charge >= 0.3 is 5.97 Å². The van der Waals surface area contributed by atoms with E-state index in [1.165, 1.54) is 29.3 Å². The fourth-order valence-electron chi connectivity index (χ4n) is 1.18. The van der Waals surface area contributed by atoms with Crippen LogP contribution >= 0.6 is 34.7 Å². The van der Waals surface area contributed by atoms with Gasteiger partial charge in [0.25, 0.3) is 0 Å². The Kier molecular flexibility index (Phi) is 4.15. The molecule has 0 radical (unpaired) electrons. The quantitative estimate of drug-likeness (QED) is 0.875. The van der Waals surface area contributed by atoms with Crippen LogP contribution in [0.25, 0.3) is 0 Å². The van der Waals surface area contributed by atoms with Crippen molar-refractivity contribution in [2.75, 3.05) is 0 Å². The molecule has 1 N–H and O–H groups in total. The summed E-state index contributed by atoms with van der Waals surface area (Å²) < 4.78 is 0.710. The molecule has 0 bridgehead atoms. The van der Waals surface area contributed by atoms with Gasteiger partial charge in [0.15, 0.2) is 4.34 Å². The molecule has 0 atom stereocenters. The number of aromatic carboxylic acids is 1. The monoisotopic (exact) mass is 301 g/mol. The van der Waals surface area contributed by atoms with E-state index in [2.05, 4.69) is 15.0 Å². The Morgan fingerprint density at radius 2 is 2.28 bits per heavy atom. The van der Waals surface area contributed by atoms with E-state index < -0.39 is 5.97 Å². The predicted octanol–water partition coefficient (Wildman–Crippen LogP) is 2.89. The van der Waals surface area contributed by atoms with Crippen LogP contribution < -0.4 is 0 Å². The van der Waals surface area contributed by atoms with Crippen molar-refractivity contribution in [1.29, 1.82) is 0 Å². The maximum Gasteiger partial charge on any atom is 0.347 e. The lowest BCUT2D eigenvalue weighted by Gasteiger charge is -1.97. The number of rotatable bonds is 4. The first-order chi connectivity index (χ1) is 8.56. The molecule has 0 aromatic carbocycles. The Labute approximate surface area is 116 Å². The van der Waals surface area contributed by atoms with Crippen molar-refractivity contribution in [2.45, 2.75) is 17.0 Å². The minimum atomic E-state index is -0.942. The zero-order valence-electron chi connectivity index (χ0n) is 9.25. The second-order valence-electron chi connectivity index (χ2n) is 3.32. The molecule has 0 fully saturated rings. The van der Waals surface area contributed by atoms with E-state index in [9.17, 15) is 4.79 Å². The number of nitrogens with zero attached hydrogens (tertiary/aromatic N) is 3. The van der Waals surface area contributed by atoms with Gasteiger partial charge < -0.3 is 5.11 Å². The molecule has 0 aliphatic heterocycles. The molecule has 0 amide bonds. The summed E-state index contributed by atoms with van der Waals surface area (Å²) in [6.45, 7) is 1.69. The molecule has 0 unspecified atom stereocenters. The van der Waals surface area contributed by atoms with Gasteiger partial charge in [-0.1, -0.05) is 23.4 Å². The summed E-state index contributed by atoms with van der Waals surface area (Å²) in [4.78, 5) is 23.4. The van der Waals surface area contributed by atoms with Crippen molar-refractivity contribution in [1.82, 2.24) is 15.0 Å². The largest absolute Gasteiger partial charge is 0.477 e. The summed E-state index contributed by atoms with van der Waals surface area (Å²) in [6.07, 6.45) is 3.07. The van der Waals surface area contributed by atoms with Crippen LogP contribution in [0.3, 0.4) is 0 Å². The Morgan fingerprint density at radius 1 is 1.50 bits per heavy atom. The topological polar surface area (TPSA) is 76.0 Å². The minimum absolute atomic E-state index is 0.277. The number of aromatic nitrogens is 3. The van der Waals surface area contributed by atoms with Gasteiger partial charge in [0.2, 0.25) is 0 Å². The van der Waals surface area contributed by atoms with Crippen LogP contribution in [0.1, 0.15) is 21.1 Å². The van der Waals surface area contributed by atoms with Crippen molar-refractivity contribution in [2.24, 2.45) is 0 Å². The van der Waals surface area contributed by atoms with E-state index in [1.807, 2.05) is 0 Å². The van der Waals surface area contributed by atoms with E-state index in [4.69, 9.17) is 16.7 Å². The van der Waals surface area contributed by atoms with Crippen molar-refractivity contribution >= 4 is 40.7 Å². The number of hydrogen-bond donors (Lipinski definition) is 1. The van der Waals surface area contributed by atoms with Crippen LogP contribution in [0.5, 0.6) is 0 Å². The predicted molar refractivity (Wildman–Crippen MR) is 70.4 cm³/mol. The Balaban J connectivity index is 2.04. The number of halogens is 1. The maximum absolute atomic E-state index is 10.9. The average Bonchev–Trinajstić information content (AvgIpc) is 2.70. The normalized spacial score (nSPS) is 10.6. The van der Waals surface area contributed by atoms with Gasteiger partial charge in [-0.3, -0.25) is 4.98 Å². The van der Waals surface area contributed by atoms with E-state index in [1.54, 1.807) is 13.1 Å². The minimum Gasteiger partial charge on any atom is -0.477 e. The maximum atomic E-state index is 10.9. The fourth-order valence-corrected chi connectivity index (χ4v) is 3.20. The van der Waals surface area contributed by atoms with E-state index in [0.717, 1.165) is 5.69 Å². The highest BCUT2D eigenvalue weighted by Crippen LogP contribution is 2.29. The molecular formula is C10H8ClN3O2S2. The second kappa shape index (κ2) is 5.64.